The summed E-state index contributed by atoms with van der Waals surface area (Å²) >= 11 is 0. The summed E-state index contributed by atoms with van der Waals surface area (Å²) in [6.07, 6.45) is -1.09. The van der Waals surface area contributed by atoms with Gasteiger partial charge in [-0.15, -0.1) is 0 Å². The van der Waals surface area contributed by atoms with E-state index in [4.69, 9.17) is 0 Å². The SMILES string of the molecule is CCCN(CCNCCCC(C)C)CC(F)(F)F. The third-order valence-corrected chi connectivity index (χ3v) is 2.68. The van der Waals surface area contributed by atoms with Crippen LogP contribution in [0.5, 0.6) is 0 Å². The second-order valence-corrected chi connectivity index (χ2v) is 5.18. The summed E-state index contributed by atoms with van der Waals surface area (Å²) in [5, 5.41) is 3.21. The summed E-state index contributed by atoms with van der Waals surface area (Å²) < 4.78 is 36.9. The highest BCUT2D eigenvalue weighted by atomic mass is 19.4. The monoisotopic (exact) mass is 268 g/mol. The van der Waals surface area contributed by atoms with Gasteiger partial charge in [0.2, 0.25) is 0 Å². The van der Waals surface area contributed by atoms with Crippen molar-refractivity contribution in [1.82, 2.24) is 10.2 Å². The fourth-order valence-corrected chi connectivity index (χ4v) is 1.84. The normalized spacial score (nSPS) is 12.7. The summed E-state index contributed by atoms with van der Waals surface area (Å²) in [6, 6.07) is 0. The zero-order valence-electron chi connectivity index (χ0n) is 11.8. The maximum Gasteiger partial charge on any atom is 0.401 e. The van der Waals surface area contributed by atoms with Crippen molar-refractivity contribution in [2.75, 3.05) is 32.7 Å². The second kappa shape index (κ2) is 9.62. The molecular formula is C13H27F3N2. The number of hydrogen-bond donors (Lipinski definition) is 1. The van der Waals surface area contributed by atoms with Gasteiger partial charge in [-0.05, 0) is 38.3 Å². The second-order valence-electron chi connectivity index (χ2n) is 5.18. The van der Waals surface area contributed by atoms with Gasteiger partial charge in [-0.25, -0.2) is 0 Å². The zero-order valence-corrected chi connectivity index (χ0v) is 11.8. The molecule has 0 spiro atoms. The minimum Gasteiger partial charge on any atom is -0.315 e. The van der Waals surface area contributed by atoms with Crippen LogP contribution in [0.1, 0.15) is 40.0 Å². The number of halogens is 3. The van der Waals surface area contributed by atoms with E-state index in [1.807, 2.05) is 6.92 Å². The standard InChI is InChI=1S/C13H27F3N2/c1-4-9-18(11-13(14,15)16)10-8-17-7-5-6-12(2)3/h12,17H,4-11H2,1-3H3. The van der Waals surface area contributed by atoms with Crippen molar-refractivity contribution < 1.29 is 13.2 Å². The molecule has 0 aliphatic rings. The van der Waals surface area contributed by atoms with Gasteiger partial charge in [0.25, 0.3) is 0 Å². The Morgan fingerprint density at radius 3 is 2.28 bits per heavy atom. The zero-order chi connectivity index (χ0) is 14.0. The van der Waals surface area contributed by atoms with E-state index in [-0.39, 0.29) is 0 Å². The Morgan fingerprint density at radius 1 is 1.11 bits per heavy atom. The van der Waals surface area contributed by atoms with Crippen LogP contribution < -0.4 is 5.32 Å². The third kappa shape index (κ3) is 12.2. The molecule has 2 nitrogen and oxygen atoms in total. The smallest absolute Gasteiger partial charge is 0.315 e. The summed E-state index contributed by atoms with van der Waals surface area (Å²) in [4.78, 5) is 1.47. The van der Waals surface area contributed by atoms with Gasteiger partial charge in [0.05, 0.1) is 6.54 Å². The molecule has 0 aliphatic carbocycles. The average molecular weight is 268 g/mol. The van der Waals surface area contributed by atoms with Crippen LogP contribution in [0, 0.1) is 5.92 Å². The topological polar surface area (TPSA) is 15.3 Å². The van der Waals surface area contributed by atoms with Crippen molar-refractivity contribution in [3.63, 3.8) is 0 Å². The van der Waals surface area contributed by atoms with Crippen LogP contribution >= 0.6 is 0 Å². The lowest BCUT2D eigenvalue weighted by molar-refractivity contribution is -0.145. The van der Waals surface area contributed by atoms with Crippen LogP contribution in [-0.4, -0.2) is 43.8 Å². The molecule has 1 N–H and O–H groups in total. The Bertz CT molecular complexity index is 193. The molecule has 0 fully saturated rings. The van der Waals surface area contributed by atoms with Gasteiger partial charge in [-0.2, -0.15) is 13.2 Å². The quantitative estimate of drug-likeness (QED) is 0.612. The molecular weight excluding hydrogens is 241 g/mol. The van der Waals surface area contributed by atoms with Gasteiger partial charge in [0, 0.05) is 13.1 Å². The summed E-state index contributed by atoms with van der Waals surface area (Å²) in [5.74, 6) is 0.689. The number of hydrogen-bond acceptors (Lipinski definition) is 2. The Labute approximate surface area is 109 Å². The highest BCUT2D eigenvalue weighted by Crippen LogP contribution is 2.16. The Kier molecular flexibility index (Phi) is 9.46. The maximum absolute atomic E-state index is 12.3. The largest absolute Gasteiger partial charge is 0.401 e. The molecule has 0 amide bonds. The fraction of sp³-hybridized carbons (Fsp3) is 1.00. The molecule has 18 heavy (non-hydrogen) atoms. The van der Waals surface area contributed by atoms with E-state index in [0.29, 0.717) is 25.6 Å². The van der Waals surface area contributed by atoms with Gasteiger partial charge in [0.15, 0.2) is 0 Å². The molecule has 0 aliphatic heterocycles. The van der Waals surface area contributed by atoms with Crippen LogP contribution in [0.15, 0.2) is 0 Å². The van der Waals surface area contributed by atoms with Crippen molar-refractivity contribution in [3.8, 4) is 0 Å². The molecule has 0 heterocycles. The van der Waals surface area contributed by atoms with Gasteiger partial charge < -0.3 is 5.32 Å². The third-order valence-electron chi connectivity index (χ3n) is 2.68. The van der Waals surface area contributed by atoms with Gasteiger partial charge in [0.1, 0.15) is 0 Å². The van der Waals surface area contributed by atoms with Gasteiger partial charge in [-0.3, -0.25) is 4.90 Å². The molecule has 0 unspecified atom stereocenters. The first-order valence-electron chi connectivity index (χ1n) is 6.85. The van der Waals surface area contributed by atoms with E-state index < -0.39 is 12.7 Å². The van der Waals surface area contributed by atoms with Crippen molar-refractivity contribution in [3.05, 3.63) is 0 Å². The maximum atomic E-state index is 12.3. The molecule has 0 aromatic heterocycles. The summed E-state index contributed by atoms with van der Waals surface area (Å²) in [6.45, 7) is 7.95. The molecule has 0 aromatic carbocycles. The minimum absolute atomic E-state index is 0.467. The van der Waals surface area contributed by atoms with Gasteiger partial charge in [-0.1, -0.05) is 20.8 Å². The predicted molar refractivity (Wildman–Crippen MR) is 69.7 cm³/mol. The van der Waals surface area contributed by atoms with Crippen molar-refractivity contribution >= 4 is 0 Å². The van der Waals surface area contributed by atoms with Crippen molar-refractivity contribution in [1.29, 1.82) is 0 Å². The first kappa shape index (κ1) is 17.7. The predicted octanol–water partition coefficient (Wildman–Crippen LogP) is 3.29. The van der Waals surface area contributed by atoms with E-state index >= 15 is 0 Å². The highest BCUT2D eigenvalue weighted by Gasteiger charge is 2.29. The minimum atomic E-state index is -4.09. The Morgan fingerprint density at radius 2 is 1.78 bits per heavy atom. The van der Waals surface area contributed by atoms with Crippen LogP contribution in [0.3, 0.4) is 0 Å². The molecule has 0 atom stereocenters. The summed E-state index contributed by atoms with van der Waals surface area (Å²) in [7, 11) is 0. The highest BCUT2D eigenvalue weighted by molar-refractivity contribution is 4.64. The number of rotatable bonds is 10. The van der Waals surface area contributed by atoms with Crippen molar-refractivity contribution in [2.24, 2.45) is 5.92 Å². The lowest BCUT2D eigenvalue weighted by Crippen LogP contribution is -2.39. The van der Waals surface area contributed by atoms with Crippen LogP contribution in [0.4, 0.5) is 13.2 Å². The summed E-state index contributed by atoms with van der Waals surface area (Å²) in [5.41, 5.74) is 0. The molecule has 0 saturated heterocycles. The molecule has 5 heteroatoms. The number of nitrogens with zero attached hydrogens (tertiary/aromatic N) is 1. The average Bonchev–Trinajstić information content (AvgIpc) is 2.20. The van der Waals surface area contributed by atoms with E-state index in [2.05, 4.69) is 19.2 Å². The van der Waals surface area contributed by atoms with Crippen LogP contribution in [-0.2, 0) is 0 Å². The lowest BCUT2D eigenvalue weighted by Gasteiger charge is -2.23. The first-order chi connectivity index (χ1) is 8.35. The van der Waals surface area contributed by atoms with Crippen molar-refractivity contribution in [2.45, 2.75) is 46.2 Å². The van der Waals surface area contributed by atoms with E-state index in [1.54, 1.807) is 0 Å². The number of alkyl halides is 3. The van der Waals surface area contributed by atoms with Crippen LogP contribution in [0.2, 0.25) is 0 Å². The molecule has 110 valence electrons. The molecule has 0 saturated carbocycles. The molecule has 0 radical (unpaired) electrons. The van der Waals surface area contributed by atoms with E-state index in [0.717, 1.165) is 25.8 Å². The van der Waals surface area contributed by atoms with E-state index in [1.165, 1.54) is 4.90 Å². The molecule has 0 bridgehead atoms. The van der Waals surface area contributed by atoms with E-state index in [9.17, 15) is 13.2 Å². The Balaban J connectivity index is 3.64. The Hall–Kier alpha value is -0.290. The fourth-order valence-electron chi connectivity index (χ4n) is 1.84. The molecule has 0 aromatic rings. The first-order valence-corrected chi connectivity index (χ1v) is 6.85. The lowest BCUT2D eigenvalue weighted by atomic mass is 10.1. The molecule has 0 rings (SSSR count). The number of nitrogens with one attached hydrogen (secondary N) is 1. The van der Waals surface area contributed by atoms with Crippen LogP contribution in [0.25, 0.3) is 0 Å². The van der Waals surface area contributed by atoms with Gasteiger partial charge >= 0.3 is 6.18 Å².